The van der Waals surface area contributed by atoms with Crippen LogP contribution in [0.1, 0.15) is 21.5 Å². The number of nitrogens with two attached hydrogens (primary N) is 1. The number of benzene rings is 2. The molecule has 0 spiro atoms. The third-order valence-corrected chi connectivity index (χ3v) is 3.85. The molecular weight excluding hydrogens is 300 g/mol. The molecule has 1 aromatic heterocycles. The first-order valence-electron chi connectivity index (χ1n) is 7.60. The van der Waals surface area contributed by atoms with Gasteiger partial charge in [-0.3, -0.25) is 4.79 Å². The molecule has 0 fully saturated rings. The summed E-state index contributed by atoms with van der Waals surface area (Å²) in [7, 11) is 0. The van der Waals surface area contributed by atoms with Gasteiger partial charge in [0.05, 0.1) is 0 Å². The number of carbonyl (C=O) groups is 1. The monoisotopic (exact) mass is 318 g/mol. The summed E-state index contributed by atoms with van der Waals surface area (Å²) in [5, 5.41) is 3.10. The molecule has 3 N–H and O–H groups in total. The van der Waals surface area contributed by atoms with Crippen LogP contribution < -0.4 is 11.1 Å². The number of carbonyl (C=O) groups excluding carboxylic acids is 1. The molecular formula is C19H18N4O. The smallest absolute Gasteiger partial charge is 0.248 e. The van der Waals surface area contributed by atoms with E-state index >= 15 is 0 Å². The van der Waals surface area contributed by atoms with E-state index in [9.17, 15) is 4.79 Å². The normalized spacial score (nSPS) is 10.4. The van der Waals surface area contributed by atoms with Crippen LogP contribution in [-0.2, 0) is 0 Å². The first-order valence-corrected chi connectivity index (χ1v) is 7.60. The SMILES string of the molecule is Cc1cccc(C)c1-c1cnc(Nc2ccc(C(N)=O)cc2)nc1. The van der Waals surface area contributed by atoms with E-state index in [-0.39, 0.29) is 0 Å². The average molecular weight is 318 g/mol. The van der Waals surface area contributed by atoms with Gasteiger partial charge in [0.15, 0.2) is 0 Å². The van der Waals surface area contributed by atoms with Gasteiger partial charge in [0.1, 0.15) is 0 Å². The minimum absolute atomic E-state index is 0.448. The Bertz CT molecular complexity index is 851. The Kier molecular flexibility index (Phi) is 4.24. The number of hydrogen-bond donors (Lipinski definition) is 2. The van der Waals surface area contributed by atoms with Gasteiger partial charge in [0.2, 0.25) is 11.9 Å². The van der Waals surface area contributed by atoms with E-state index < -0.39 is 5.91 Å². The van der Waals surface area contributed by atoms with Crippen molar-refractivity contribution in [1.29, 1.82) is 0 Å². The van der Waals surface area contributed by atoms with Crippen LogP contribution >= 0.6 is 0 Å². The van der Waals surface area contributed by atoms with Gasteiger partial charge in [0, 0.05) is 29.2 Å². The molecule has 2 aromatic carbocycles. The molecule has 120 valence electrons. The summed E-state index contributed by atoms with van der Waals surface area (Å²) in [4.78, 5) is 19.8. The molecule has 0 atom stereocenters. The molecule has 5 nitrogen and oxygen atoms in total. The van der Waals surface area contributed by atoms with Gasteiger partial charge in [0.25, 0.3) is 0 Å². The first kappa shape index (κ1) is 15.7. The number of nitrogens with zero attached hydrogens (tertiary/aromatic N) is 2. The van der Waals surface area contributed by atoms with Gasteiger partial charge in [-0.2, -0.15) is 0 Å². The number of primary amides is 1. The predicted octanol–water partition coefficient (Wildman–Crippen LogP) is 3.60. The maximum atomic E-state index is 11.1. The highest BCUT2D eigenvalue weighted by Gasteiger charge is 2.07. The standard InChI is InChI=1S/C19H18N4O/c1-12-4-3-5-13(2)17(12)15-10-21-19(22-11-15)23-16-8-6-14(7-9-16)18(20)24/h3-11H,1-2H3,(H2,20,24)(H,21,22,23). The lowest BCUT2D eigenvalue weighted by Crippen LogP contribution is -2.10. The average Bonchev–Trinajstić information content (AvgIpc) is 2.57. The maximum Gasteiger partial charge on any atom is 0.248 e. The molecule has 0 aliphatic rings. The van der Waals surface area contributed by atoms with Crippen molar-refractivity contribution in [3.05, 3.63) is 71.5 Å². The van der Waals surface area contributed by atoms with Gasteiger partial charge < -0.3 is 11.1 Å². The Morgan fingerprint density at radius 2 is 1.54 bits per heavy atom. The Hall–Kier alpha value is -3.21. The lowest BCUT2D eigenvalue weighted by molar-refractivity contribution is 0.100. The summed E-state index contributed by atoms with van der Waals surface area (Å²) in [5.41, 5.74) is 11.0. The van der Waals surface area contributed by atoms with E-state index in [4.69, 9.17) is 5.73 Å². The van der Waals surface area contributed by atoms with Crippen molar-refractivity contribution in [3.63, 3.8) is 0 Å². The van der Waals surface area contributed by atoms with Crippen molar-refractivity contribution in [2.75, 3.05) is 5.32 Å². The number of rotatable bonds is 4. The summed E-state index contributed by atoms with van der Waals surface area (Å²) >= 11 is 0. The van der Waals surface area contributed by atoms with Crippen LogP contribution in [0.3, 0.4) is 0 Å². The largest absolute Gasteiger partial charge is 0.366 e. The zero-order chi connectivity index (χ0) is 17.1. The number of hydrogen-bond acceptors (Lipinski definition) is 4. The molecule has 24 heavy (non-hydrogen) atoms. The lowest BCUT2D eigenvalue weighted by Gasteiger charge is -2.10. The molecule has 0 aliphatic carbocycles. The number of nitrogens with one attached hydrogen (secondary N) is 1. The van der Waals surface area contributed by atoms with Crippen molar-refractivity contribution < 1.29 is 4.79 Å². The fourth-order valence-electron chi connectivity index (χ4n) is 2.64. The number of amides is 1. The fraction of sp³-hybridized carbons (Fsp3) is 0.105. The van der Waals surface area contributed by atoms with Crippen LogP contribution in [0.25, 0.3) is 11.1 Å². The van der Waals surface area contributed by atoms with Crippen LogP contribution in [0.4, 0.5) is 11.6 Å². The molecule has 0 saturated carbocycles. The zero-order valence-electron chi connectivity index (χ0n) is 13.6. The van der Waals surface area contributed by atoms with Crippen molar-refractivity contribution in [1.82, 2.24) is 9.97 Å². The van der Waals surface area contributed by atoms with Crippen LogP contribution in [0.2, 0.25) is 0 Å². The summed E-state index contributed by atoms with van der Waals surface area (Å²) in [6.45, 7) is 4.16. The van der Waals surface area contributed by atoms with Gasteiger partial charge in [-0.25, -0.2) is 9.97 Å². The number of aromatic nitrogens is 2. The van der Waals surface area contributed by atoms with Crippen molar-refractivity contribution in [2.45, 2.75) is 13.8 Å². The van der Waals surface area contributed by atoms with Crippen molar-refractivity contribution in [3.8, 4) is 11.1 Å². The number of anilines is 2. The second kappa shape index (κ2) is 6.50. The molecule has 0 radical (unpaired) electrons. The summed E-state index contributed by atoms with van der Waals surface area (Å²) < 4.78 is 0. The van der Waals surface area contributed by atoms with E-state index in [2.05, 4.69) is 41.3 Å². The summed E-state index contributed by atoms with van der Waals surface area (Å²) in [6, 6.07) is 13.1. The Labute approximate surface area is 140 Å². The minimum atomic E-state index is -0.448. The molecule has 0 aliphatic heterocycles. The summed E-state index contributed by atoms with van der Waals surface area (Å²) in [6.07, 6.45) is 3.62. The maximum absolute atomic E-state index is 11.1. The fourth-order valence-corrected chi connectivity index (χ4v) is 2.64. The highest BCUT2D eigenvalue weighted by atomic mass is 16.1. The van der Waals surface area contributed by atoms with E-state index in [0.717, 1.165) is 16.8 Å². The van der Waals surface area contributed by atoms with Gasteiger partial charge in [-0.05, 0) is 54.8 Å². The van der Waals surface area contributed by atoms with Crippen LogP contribution in [0, 0.1) is 13.8 Å². The second-order valence-electron chi connectivity index (χ2n) is 5.63. The van der Waals surface area contributed by atoms with Crippen LogP contribution in [0.5, 0.6) is 0 Å². The van der Waals surface area contributed by atoms with Crippen molar-refractivity contribution in [2.24, 2.45) is 5.73 Å². The minimum Gasteiger partial charge on any atom is -0.366 e. The van der Waals surface area contributed by atoms with Crippen LogP contribution in [0.15, 0.2) is 54.9 Å². The molecule has 1 amide bonds. The molecule has 3 rings (SSSR count). The van der Waals surface area contributed by atoms with Crippen molar-refractivity contribution >= 4 is 17.5 Å². The van der Waals surface area contributed by atoms with E-state index in [1.807, 2.05) is 18.5 Å². The lowest BCUT2D eigenvalue weighted by atomic mass is 9.98. The Morgan fingerprint density at radius 3 is 2.08 bits per heavy atom. The van der Waals surface area contributed by atoms with E-state index in [0.29, 0.717) is 11.5 Å². The van der Waals surface area contributed by atoms with Gasteiger partial charge in [-0.1, -0.05) is 18.2 Å². The number of aryl methyl sites for hydroxylation is 2. The Balaban J connectivity index is 1.81. The molecule has 1 heterocycles. The highest BCUT2D eigenvalue weighted by molar-refractivity contribution is 5.93. The molecule has 0 bridgehead atoms. The molecule has 3 aromatic rings. The second-order valence-corrected chi connectivity index (χ2v) is 5.63. The van der Waals surface area contributed by atoms with E-state index in [1.165, 1.54) is 11.1 Å². The Morgan fingerprint density at radius 1 is 0.958 bits per heavy atom. The van der Waals surface area contributed by atoms with Gasteiger partial charge in [-0.15, -0.1) is 0 Å². The summed E-state index contributed by atoms with van der Waals surface area (Å²) in [5.74, 6) is 0.0487. The molecule has 5 heteroatoms. The van der Waals surface area contributed by atoms with Crippen LogP contribution in [-0.4, -0.2) is 15.9 Å². The van der Waals surface area contributed by atoms with E-state index in [1.54, 1.807) is 24.3 Å². The predicted molar refractivity (Wildman–Crippen MR) is 95.2 cm³/mol. The third-order valence-electron chi connectivity index (χ3n) is 3.85. The third kappa shape index (κ3) is 3.25. The molecule has 0 saturated heterocycles. The molecule has 0 unspecified atom stereocenters. The first-order chi connectivity index (χ1) is 11.5. The topological polar surface area (TPSA) is 80.9 Å². The zero-order valence-corrected chi connectivity index (χ0v) is 13.6. The highest BCUT2D eigenvalue weighted by Crippen LogP contribution is 2.26. The quantitative estimate of drug-likeness (QED) is 0.770. The van der Waals surface area contributed by atoms with Gasteiger partial charge >= 0.3 is 0 Å².